The standard InChI is InChI=1S/C31H32F2IN4O2/c1-31(19-36)12-4-5-21-8-9-22(14-25(21)31)30(39)37-18-20-13-27-23(16-34-15-20)10-11-26(38-27)24(17-35)28(40-2)6-3-7-29(32)33/h8-11,13-17,29,35H,3-7,12,18H2,1-2H3,(H,37,39)/q-1/b28-24-,35-17?/t31-/m0/s1. The van der Waals surface area contributed by atoms with Crippen molar-refractivity contribution < 1.29 is 39.5 Å². The summed E-state index contributed by atoms with van der Waals surface area (Å²) in [5, 5.41) is 22.4. The molecule has 0 unspecified atom stereocenters. The van der Waals surface area contributed by atoms with Gasteiger partial charge >= 0.3 is 244 Å². The zero-order chi connectivity index (χ0) is 28.7. The summed E-state index contributed by atoms with van der Waals surface area (Å²) >= 11 is -0.411. The molecule has 1 amide bonds. The molecule has 0 bridgehead atoms. The van der Waals surface area contributed by atoms with Crippen molar-refractivity contribution in [3.05, 3.63) is 78.7 Å². The van der Waals surface area contributed by atoms with Crippen LogP contribution in [0.4, 0.5) is 8.78 Å². The van der Waals surface area contributed by atoms with Gasteiger partial charge in [-0.1, -0.05) is 0 Å². The molecule has 2 heterocycles. The summed E-state index contributed by atoms with van der Waals surface area (Å²) < 4.78 is 35.0. The average Bonchev–Trinajstić information content (AvgIpc) is 3.17. The zero-order valence-electron chi connectivity index (χ0n) is 22.6. The topological polar surface area (TPSA) is 98.9 Å². The van der Waals surface area contributed by atoms with Crippen LogP contribution in [0.15, 0.2) is 45.7 Å². The Kier molecular flexibility index (Phi) is 9.85. The van der Waals surface area contributed by atoms with Crippen molar-refractivity contribution in [3.63, 3.8) is 0 Å². The summed E-state index contributed by atoms with van der Waals surface area (Å²) in [6.45, 7) is 2.27. The molecule has 0 spiro atoms. The molecule has 1 atom stereocenters. The molecule has 2 aliphatic rings. The Hall–Kier alpha value is -3.39. The number of benzene rings is 1. The molecule has 9 heteroatoms. The molecular formula is C31H32F2IN4O2-. The van der Waals surface area contributed by atoms with E-state index in [1.807, 2.05) is 43.3 Å². The molecule has 40 heavy (non-hydrogen) atoms. The van der Waals surface area contributed by atoms with Crippen molar-refractivity contribution >= 4 is 27.9 Å². The number of nitrogens with one attached hydrogen (secondary N) is 2. The van der Waals surface area contributed by atoms with E-state index in [2.05, 4.69) is 19.6 Å². The molecule has 1 aliphatic heterocycles. The van der Waals surface area contributed by atoms with E-state index in [1.165, 1.54) is 7.11 Å². The third kappa shape index (κ3) is 6.84. The number of hydrogen-bond acceptors (Lipinski definition) is 5. The number of pyridine rings is 1. The molecule has 0 saturated carbocycles. The first-order chi connectivity index (χ1) is 19.3. The first-order valence-corrected chi connectivity index (χ1v) is 15.7. The number of nitriles is 1. The first-order valence-electron chi connectivity index (χ1n) is 13.2. The summed E-state index contributed by atoms with van der Waals surface area (Å²) in [5.74, 6) is 0.257. The number of carbonyl (C=O) groups is 1. The number of aromatic nitrogens is 1. The molecule has 2 aromatic rings. The van der Waals surface area contributed by atoms with E-state index in [0.29, 0.717) is 35.6 Å². The fourth-order valence-electron chi connectivity index (χ4n) is 5.00. The predicted octanol–water partition coefficient (Wildman–Crippen LogP) is 1.58. The number of nitrogens with zero attached hydrogens (tertiary/aromatic N) is 2. The number of halogens is 3. The number of carbonyl (C=O) groups excluding carboxylic acids is 1. The molecule has 0 saturated heterocycles. The normalized spacial score (nSPS) is 18.6. The minimum absolute atomic E-state index is 0.195. The van der Waals surface area contributed by atoms with Gasteiger partial charge in [0.05, 0.1) is 0 Å². The number of aryl methyl sites for hydroxylation is 1. The molecule has 1 aliphatic carbocycles. The number of hydrogen-bond donors (Lipinski definition) is 2. The summed E-state index contributed by atoms with van der Waals surface area (Å²) in [6.07, 6.45) is 3.69. The van der Waals surface area contributed by atoms with Gasteiger partial charge in [0.1, 0.15) is 0 Å². The molecule has 0 fully saturated rings. The van der Waals surface area contributed by atoms with Gasteiger partial charge in [0.2, 0.25) is 0 Å². The Labute approximate surface area is 243 Å². The van der Waals surface area contributed by atoms with Crippen molar-refractivity contribution in [2.24, 2.45) is 0 Å². The number of rotatable bonds is 10. The van der Waals surface area contributed by atoms with Crippen molar-refractivity contribution in [3.8, 4) is 6.07 Å². The molecular weight excluding hydrogens is 625 g/mol. The Morgan fingerprint density at radius 2 is 2.15 bits per heavy atom. The van der Waals surface area contributed by atoms with Gasteiger partial charge < -0.3 is 0 Å². The average molecular weight is 658 g/mol. The molecule has 6 nitrogen and oxygen atoms in total. The SMILES string of the molecule is CO/C(CCCC(F)F)=C(/C=N)c1ccc2c(n1)=CC(CNC(=O)c1ccc3c(c1)[C@](C)(C#N)CCC3)=C[I-]C=2. The first kappa shape index (κ1) is 29.6. The fraction of sp³-hybridized carbons (Fsp3) is 0.355. The van der Waals surface area contributed by atoms with Gasteiger partial charge in [-0.15, -0.1) is 0 Å². The third-order valence-corrected chi connectivity index (χ3v) is 9.44. The predicted molar refractivity (Wildman–Crippen MR) is 148 cm³/mol. The second-order valence-corrected chi connectivity index (χ2v) is 12.0. The zero-order valence-corrected chi connectivity index (χ0v) is 24.7. The van der Waals surface area contributed by atoms with Crippen molar-refractivity contribution in [1.82, 2.24) is 10.3 Å². The van der Waals surface area contributed by atoms with Crippen molar-refractivity contribution in [2.45, 2.75) is 57.3 Å². The Balaban J connectivity index is 1.54. The van der Waals surface area contributed by atoms with Crippen molar-refractivity contribution in [2.75, 3.05) is 13.7 Å². The van der Waals surface area contributed by atoms with Gasteiger partial charge in [-0.2, -0.15) is 0 Å². The van der Waals surface area contributed by atoms with Gasteiger partial charge in [-0.3, -0.25) is 0 Å². The van der Waals surface area contributed by atoms with E-state index >= 15 is 0 Å². The molecule has 2 N–H and O–H groups in total. The Morgan fingerprint density at radius 3 is 2.88 bits per heavy atom. The molecule has 4 rings (SSSR count). The van der Waals surface area contributed by atoms with Crippen molar-refractivity contribution in [1.29, 1.82) is 10.7 Å². The quantitative estimate of drug-likeness (QED) is 0.231. The van der Waals surface area contributed by atoms with E-state index in [-0.39, 0.29) is 18.7 Å². The third-order valence-electron chi connectivity index (χ3n) is 7.25. The van der Waals surface area contributed by atoms with Gasteiger partial charge in [0, 0.05) is 0 Å². The van der Waals surface area contributed by atoms with Crippen LogP contribution < -0.4 is 37.1 Å². The van der Waals surface area contributed by atoms with Crippen LogP contribution in [-0.4, -0.2) is 37.2 Å². The summed E-state index contributed by atoms with van der Waals surface area (Å²) in [5.41, 5.74) is 3.97. The summed E-state index contributed by atoms with van der Waals surface area (Å²) in [4.78, 5) is 17.9. The fourth-order valence-corrected chi connectivity index (χ4v) is 6.95. The number of ether oxygens (including phenoxy) is 1. The second-order valence-electron chi connectivity index (χ2n) is 10.1. The van der Waals surface area contributed by atoms with Crippen LogP contribution in [0.3, 0.4) is 0 Å². The number of alkyl halides is 2. The van der Waals surface area contributed by atoms with Crippen LogP contribution in [0.1, 0.15) is 66.2 Å². The molecule has 210 valence electrons. The van der Waals surface area contributed by atoms with E-state index in [9.17, 15) is 18.8 Å². The molecule has 1 aromatic heterocycles. The van der Waals surface area contributed by atoms with Crippen LogP contribution in [0.5, 0.6) is 0 Å². The Bertz CT molecular complexity index is 1530. The van der Waals surface area contributed by atoms with Crippen LogP contribution in [0.25, 0.3) is 15.7 Å². The van der Waals surface area contributed by atoms with Crippen LogP contribution in [0, 0.1) is 16.7 Å². The van der Waals surface area contributed by atoms with Gasteiger partial charge in [0.15, 0.2) is 0 Å². The monoisotopic (exact) mass is 657 g/mol. The van der Waals surface area contributed by atoms with Gasteiger partial charge in [-0.25, -0.2) is 0 Å². The van der Waals surface area contributed by atoms with Gasteiger partial charge in [0.25, 0.3) is 0 Å². The molecule has 0 radical (unpaired) electrons. The van der Waals surface area contributed by atoms with E-state index in [4.69, 9.17) is 15.1 Å². The Morgan fingerprint density at radius 1 is 1.32 bits per heavy atom. The summed E-state index contributed by atoms with van der Waals surface area (Å²) in [7, 11) is 1.47. The van der Waals surface area contributed by atoms with E-state index in [0.717, 1.165) is 52.7 Å². The maximum absolute atomic E-state index is 13.1. The number of methoxy groups -OCH3 is 1. The number of amides is 1. The molecule has 1 aromatic carbocycles. The van der Waals surface area contributed by atoms with E-state index in [1.54, 1.807) is 0 Å². The maximum atomic E-state index is 13.1. The van der Waals surface area contributed by atoms with E-state index < -0.39 is 33.0 Å². The van der Waals surface area contributed by atoms with Crippen LogP contribution in [-0.2, 0) is 16.6 Å². The van der Waals surface area contributed by atoms with Gasteiger partial charge in [-0.05, 0) is 0 Å². The number of fused-ring (bicyclic) bond motifs is 2. The van der Waals surface area contributed by atoms with Crippen LogP contribution in [0.2, 0.25) is 0 Å². The second kappa shape index (κ2) is 13.3. The van der Waals surface area contributed by atoms with Crippen LogP contribution >= 0.6 is 0 Å². The summed E-state index contributed by atoms with van der Waals surface area (Å²) in [6, 6.07) is 11.9. The number of allylic oxidation sites excluding steroid dienone is 2. The minimum atomic E-state index is -2.38.